The molecule has 11 heavy (non-hydrogen) atoms. The van der Waals surface area contributed by atoms with E-state index >= 15 is 0 Å². The first-order valence-corrected chi connectivity index (χ1v) is 4.10. The van der Waals surface area contributed by atoms with Crippen molar-refractivity contribution in [3.05, 3.63) is 12.2 Å². The highest BCUT2D eigenvalue weighted by atomic mass is 35.5. The van der Waals surface area contributed by atoms with Crippen molar-refractivity contribution in [3.63, 3.8) is 0 Å². The van der Waals surface area contributed by atoms with Crippen molar-refractivity contribution >= 4 is 0 Å². The summed E-state index contributed by atoms with van der Waals surface area (Å²) >= 11 is 0. The van der Waals surface area contributed by atoms with Crippen molar-refractivity contribution in [1.82, 2.24) is 0 Å². The Kier molecular flexibility index (Phi) is 4.12. The van der Waals surface area contributed by atoms with Gasteiger partial charge in [-0.25, -0.2) is 0 Å². The van der Waals surface area contributed by atoms with Crippen LogP contribution < -0.4 is 12.4 Å². The summed E-state index contributed by atoms with van der Waals surface area (Å²) < 4.78 is 1.23. The fourth-order valence-electron chi connectivity index (χ4n) is 1.91. The summed E-state index contributed by atoms with van der Waals surface area (Å²) in [5.41, 5.74) is 1.32. The Morgan fingerprint density at radius 1 is 1.36 bits per heavy atom. The molecule has 1 aliphatic rings. The maximum Gasteiger partial charge on any atom is 0.0995 e. The van der Waals surface area contributed by atoms with Gasteiger partial charge in [-0.15, -0.1) is 0 Å². The van der Waals surface area contributed by atoms with Gasteiger partial charge in [0, 0.05) is 12.8 Å². The third kappa shape index (κ3) is 3.26. The second-order valence-corrected chi connectivity index (χ2v) is 3.89. The summed E-state index contributed by atoms with van der Waals surface area (Å²) in [6.07, 6.45) is 2.81. The van der Waals surface area contributed by atoms with Crippen LogP contribution in [0.4, 0.5) is 0 Å². The standard InChI is InChI=1S/C9H18N.ClH/c1-9(2)8-10(3)6-4-5-7-10;/h1,4-8H2,2-3H3;1H/q+1;/p-1. The quantitative estimate of drug-likeness (QED) is 0.366. The van der Waals surface area contributed by atoms with Gasteiger partial charge in [0.05, 0.1) is 26.7 Å². The molecule has 1 rings (SSSR count). The molecule has 1 aliphatic heterocycles. The van der Waals surface area contributed by atoms with Gasteiger partial charge in [-0.3, -0.25) is 0 Å². The Morgan fingerprint density at radius 2 is 1.82 bits per heavy atom. The molecule has 0 aromatic carbocycles. The first-order chi connectivity index (χ1) is 4.62. The van der Waals surface area contributed by atoms with Crippen molar-refractivity contribution in [2.24, 2.45) is 0 Å². The van der Waals surface area contributed by atoms with Crippen LogP contribution in [0.15, 0.2) is 12.2 Å². The molecule has 0 unspecified atom stereocenters. The highest BCUT2D eigenvalue weighted by Gasteiger charge is 2.25. The lowest BCUT2D eigenvalue weighted by Gasteiger charge is -2.29. The minimum absolute atomic E-state index is 0. The van der Waals surface area contributed by atoms with Crippen LogP contribution in [-0.4, -0.2) is 31.2 Å². The van der Waals surface area contributed by atoms with Crippen molar-refractivity contribution in [2.45, 2.75) is 19.8 Å². The Bertz CT molecular complexity index is 136. The number of likely N-dealkylation sites (tertiary alicyclic amines) is 1. The minimum atomic E-state index is 0. The highest BCUT2D eigenvalue weighted by Crippen LogP contribution is 2.17. The van der Waals surface area contributed by atoms with Crippen LogP contribution in [-0.2, 0) is 0 Å². The molecular weight excluding hydrogens is 158 g/mol. The molecule has 0 amide bonds. The molecule has 1 heterocycles. The minimum Gasteiger partial charge on any atom is -1.00 e. The molecule has 0 N–H and O–H groups in total. The van der Waals surface area contributed by atoms with Crippen molar-refractivity contribution < 1.29 is 16.9 Å². The van der Waals surface area contributed by atoms with Gasteiger partial charge in [-0.2, -0.15) is 0 Å². The second-order valence-electron chi connectivity index (χ2n) is 3.89. The average Bonchev–Trinajstić information content (AvgIpc) is 2.12. The van der Waals surface area contributed by atoms with Crippen LogP contribution in [0.25, 0.3) is 0 Å². The zero-order valence-corrected chi connectivity index (χ0v) is 8.32. The van der Waals surface area contributed by atoms with E-state index in [-0.39, 0.29) is 12.4 Å². The van der Waals surface area contributed by atoms with Crippen LogP contribution in [0, 0.1) is 0 Å². The topological polar surface area (TPSA) is 0 Å². The lowest BCUT2D eigenvalue weighted by Crippen LogP contribution is -3.00. The first-order valence-electron chi connectivity index (χ1n) is 4.10. The molecule has 0 saturated carbocycles. The van der Waals surface area contributed by atoms with E-state index in [0.717, 1.165) is 0 Å². The number of nitrogens with zero attached hydrogens (tertiary/aromatic N) is 1. The summed E-state index contributed by atoms with van der Waals surface area (Å²) in [5, 5.41) is 0. The van der Waals surface area contributed by atoms with Gasteiger partial charge in [-0.05, 0) is 12.5 Å². The molecule has 66 valence electrons. The number of hydrogen-bond acceptors (Lipinski definition) is 0. The van der Waals surface area contributed by atoms with Crippen LogP contribution in [0.5, 0.6) is 0 Å². The van der Waals surface area contributed by atoms with Crippen molar-refractivity contribution in [1.29, 1.82) is 0 Å². The largest absolute Gasteiger partial charge is 1.00 e. The number of hydrogen-bond donors (Lipinski definition) is 0. The third-order valence-corrected chi connectivity index (χ3v) is 2.30. The number of likely N-dealkylation sites (N-methyl/N-ethyl adjacent to an activating group) is 1. The Morgan fingerprint density at radius 3 is 2.18 bits per heavy atom. The summed E-state index contributed by atoms with van der Waals surface area (Å²) in [6, 6.07) is 0. The molecule has 0 radical (unpaired) electrons. The Balaban J connectivity index is 0.000001000. The molecular formula is C9H18ClN. The first kappa shape index (κ1) is 11.0. The van der Waals surface area contributed by atoms with Gasteiger partial charge < -0.3 is 16.9 Å². The predicted octanol–water partition coefficient (Wildman–Crippen LogP) is -1.19. The summed E-state index contributed by atoms with van der Waals surface area (Å²) in [4.78, 5) is 0. The van der Waals surface area contributed by atoms with Crippen LogP contribution >= 0.6 is 0 Å². The summed E-state index contributed by atoms with van der Waals surface area (Å²) in [5.74, 6) is 0. The van der Waals surface area contributed by atoms with E-state index in [1.807, 2.05) is 0 Å². The fourth-order valence-corrected chi connectivity index (χ4v) is 1.91. The molecule has 1 nitrogen and oxygen atoms in total. The van der Waals surface area contributed by atoms with Gasteiger partial charge in [0.1, 0.15) is 0 Å². The van der Waals surface area contributed by atoms with E-state index in [0.29, 0.717) is 0 Å². The number of halogens is 1. The average molecular weight is 176 g/mol. The van der Waals surface area contributed by atoms with Crippen LogP contribution in [0.3, 0.4) is 0 Å². The van der Waals surface area contributed by atoms with Gasteiger partial charge in [-0.1, -0.05) is 6.58 Å². The molecule has 0 spiro atoms. The summed E-state index contributed by atoms with van der Waals surface area (Å²) in [7, 11) is 2.34. The molecule has 0 aromatic rings. The molecule has 0 aliphatic carbocycles. The maximum absolute atomic E-state index is 3.95. The van der Waals surface area contributed by atoms with Crippen LogP contribution in [0.2, 0.25) is 0 Å². The lowest BCUT2D eigenvalue weighted by molar-refractivity contribution is -0.892. The highest BCUT2D eigenvalue weighted by molar-refractivity contribution is 4.88. The molecule has 0 atom stereocenters. The molecule has 2 heteroatoms. The van der Waals surface area contributed by atoms with Crippen LogP contribution in [0.1, 0.15) is 19.8 Å². The molecule has 0 aromatic heterocycles. The molecule has 1 saturated heterocycles. The molecule has 1 fully saturated rings. The zero-order valence-electron chi connectivity index (χ0n) is 7.57. The maximum atomic E-state index is 3.95. The van der Waals surface area contributed by atoms with Gasteiger partial charge in [0.2, 0.25) is 0 Å². The van der Waals surface area contributed by atoms with Crippen molar-refractivity contribution in [2.75, 3.05) is 26.7 Å². The summed E-state index contributed by atoms with van der Waals surface area (Å²) in [6.45, 7) is 9.96. The normalized spacial score (nSPS) is 20.9. The fraction of sp³-hybridized carbons (Fsp3) is 0.778. The van der Waals surface area contributed by atoms with Gasteiger partial charge in [0.15, 0.2) is 0 Å². The number of rotatable bonds is 2. The molecule has 0 bridgehead atoms. The Hall–Kier alpha value is -0.0100. The van der Waals surface area contributed by atoms with Gasteiger partial charge >= 0.3 is 0 Å². The predicted molar refractivity (Wildman–Crippen MR) is 44.8 cm³/mol. The third-order valence-electron chi connectivity index (χ3n) is 2.30. The second kappa shape index (κ2) is 4.13. The smallest absolute Gasteiger partial charge is 0.0995 e. The van der Waals surface area contributed by atoms with E-state index in [4.69, 9.17) is 0 Å². The number of quaternary nitrogens is 1. The van der Waals surface area contributed by atoms with E-state index in [9.17, 15) is 0 Å². The van der Waals surface area contributed by atoms with Gasteiger partial charge in [0.25, 0.3) is 0 Å². The van der Waals surface area contributed by atoms with E-state index in [2.05, 4.69) is 20.6 Å². The lowest BCUT2D eigenvalue weighted by atomic mass is 10.3. The monoisotopic (exact) mass is 175 g/mol. The SMILES string of the molecule is C=C(C)C[N+]1(C)CCCC1.[Cl-]. The van der Waals surface area contributed by atoms with E-state index < -0.39 is 0 Å². The van der Waals surface area contributed by atoms with E-state index in [1.165, 1.54) is 42.5 Å². The Labute approximate surface area is 76.1 Å². The van der Waals surface area contributed by atoms with Crippen molar-refractivity contribution in [3.8, 4) is 0 Å². The zero-order chi connectivity index (χ0) is 7.61. The van der Waals surface area contributed by atoms with E-state index in [1.54, 1.807) is 0 Å².